The normalized spacial score (nSPS) is 10.5. The van der Waals surface area contributed by atoms with E-state index in [4.69, 9.17) is 0 Å². The Hall–Kier alpha value is -2.87. The summed E-state index contributed by atoms with van der Waals surface area (Å²) in [7, 11) is 0. The van der Waals surface area contributed by atoms with Gasteiger partial charge in [0.15, 0.2) is 0 Å². The van der Waals surface area contributed by atoms with E-state index in [0.29, 0.717) is 5.56 Å². The molecule has 2 heteroatoms. The van der Waals surface area contributed by atoms with Gasteiger partial charge >= 0.3 is 0 Å². The van der Waals surface area contributed by atoms with E-state index in [1.54, 1.807) is 0 Å². The van der Waals surface area contributed by atoms with Crippen LogP contribution in [-0.4, -0.2) is 5.91 Å². The van der Waals surface area contributed by atoms with Gasteiger partial charge < -0.3 is 5.32 Å². The molecule has 0 spiro atoms. The zero-order valence-electron chi connectivity index (χ0n) is 13.1. The lowest BCUT2D eigenvalue weighted by molar-refractivity contribution is 0.0943. The van der Waals surface area contributed by atoms with Gasteiger partial charge in [0.2, 0.25) is 0 Å². The zero-order valence-corrected chi connectivity index (χ0v) is 13.1. The fourth-order valence-electron chi connectivity index (χ4n) is 2.57. The van der Waals surface area contributed by atoms with E-state index in [9.17, 15) is 4.79 Å². The van der Waals surface area contributed by atoms with Crippen molar-refractivity contribution in [3.8, 4) is 0 Å². The topological polar surface area (TPSA) is 29.1 Å². The lowest BCUT2D eigenvalue weighted by Crippen LogP contribution is -2.29. The van der Waals surface area contributed by atoms with E-state index in [1.807, 2.05) is 91.9 Å². The van der Waals surface area contributed by atoms with Gasteiger partial charge in [-0.1, -0.05) is 78.4 Å². The van der Waals surface area contributed by atoms with Gasteiger partial charge in [0.05, 0.1) is 6.04 Å². The van der Waals surface area contributed by atoms with Gasteiger partial charge in [-0.15, -0.1) is 0 Å². The highest BCUT2D eigenvalue weighted by molar-refractivity contribution is 5.94. The van der Waals surface area contributed by atoms with Crippen LogP contribution in [0.25, 0.3) is 0 Å². The van der Waals surface area contributed by atoms with Crippen LogP contribution in [-0.2, 0) is 0 Å². The minimum Gasteiger partial charge on any atom is -0.341 e. The number of aryl methyl sites for hydroxylation is 1. The molecule has 0 aliphatic heterocycles. The monoisotopic (exact) mass is 301 g/mol. The highest BCUT2D eigenvalue weighted by Gasteiger charge is 2.17. The molecule has 0 fully saturated rings. The van der Waals surface area contributed by atoms with Gasteiger partial charge in [-0.2, -0.15) is 0 Å². The lowest BCUT2D eigenvalue weighted by Gasteiger charge is -2.20. The van der Waals surface area contributed by atoms with Crippen LogP contribution in [0.3, 0.4) is 0 Å². The summed E-state index contributed by atoms with van der Waals surface area (Å²) in [6.07, 6.45) is 0. The van der Waals surface area contributed by atoms with Crippen LogP contribution in [0.2, 0.25) is 0 Å². The van der Waals surface area contributed by atoms with Gasteiger partial charge in [-0.3, -0.25) is 4.79 Å². The molecule has 114 valence electrons. The van der Waals surface area contributed by atoms with Gasteiger partial charge in [0.25, 0.3) is 5.91 Å². The molecule has 2 nitrogen and oxygen atoms in total. The summed E-state index contributed by atoms with van der Waals surface area (Å²) in [6, 6.07) is 27.5. The summed E-state index contributed by atoms with van der Waals surface area (Å²) in [5.74, 6) is -0.0669. The number of nitrogens with one attached hydrogen (secondary N) is 1. The Balaban J connectivity index is 1.90. The molecule has 1 N–H and O–H groups in total. The molecule has 1 amide bonds. The van der Waals surface area contributed by atoms with E-state index in [1.165, 1.54) is 0 Å². The largest absolute Gasteiger partial charge is 0.341 e. The molecular formula is C21H19NO. The van der Waals surface area contributed by atoms with Crippen molar-refractivity contribution in [3.05, 3.63) is 107 Å². The standard InChI is InChI=1S/C21H19NO/c1-16-12-14-19(15-13-16)21(23)22-20(17-8-4-2-5-9-17)18-10-6-3-7-11-18/h2-15,20H,1H3,(H,22,23). The van der Waals surface area contributed by atoms with Crippen LogP contribution in [0, 0.1) is 6.92 Å². The molecule has 0 aromatic heterocycles. The lowest BCUT2D eigenvalue weighted by atomic mass is 9.98. The third-order valence-electron chi connectivity index (χ3n) is 3.85. The molecule has 3 rings (SSSR count). The number of amides is 1. The highest BCUT2D eigenvalue weighted by atomic mass is 16.1. The van der Waals surface area contributed by atoms with Crippen molar-refractivity contribution >= 4 is 5.91 Å². The Morgan fingerprint density at radius 2 is 1.22 bits per heavy atom. The van der Waals surface area contributed by atoms with Crippen LogP contribution in [0.1, 0.15) is 33.1 Å². The van der Waals surface area contributed by atoms with Crippen LogP contribution < -0.4 is 5.32 Å². The molecule has 0 bridgehead atoms. The Bertz CT molecular complexity index is 724. The summed E-state index contributed by atoms with van der Waals surface area (Å²) in [6.45, 7) is 2.01. The minimum atomic E-state index is -0.161. The van der Waals surface area contributed by atoms with Crippen molar-refractivity contribution in [2.45, 2.75) is 13.0 Å². The van der Waals surface area contributed by atoms with Gasteiger partial charge in [-0.25, -0.2) is 0 Å². The highest BCUT2D eigenvalue weighted by Crippen LogP contribution is 2.22. The molecule has 0 radical (unpaired) electrons. The van der Waals surface area contributed by atoms with Gasteiger partial charge in [0.1, 0.15) is 0 Å². The van der Waals surface area contributed by atoms with Crippen molar-refractivity contribution in [2.75, 3.05) is 0 Å². The number of hydrogen-bond acceptors (Lipinski definition) is 1. The number of benzene rings is 3. The number of hydrogen-bond donors (Lipinski definition) is 1. The maximum atomic E-state index is 12.6. The second kappa shape index (κ2) is 6.93. The predicted octanol–water partition coefficient (Wildman–Crippen LogP) is 4.51. The molecule has 23 heavy (non-hydrogen) atoms. The summed E-state index contributed by atoms with van der Waals surface area (Å²) >= 11 is 0. The first kappa shape index (κ1) is 15.0. The van der Waals surface area contributed by atoms with Crippen LogP contribution in [0.4, 0.5) is 0 Å². The molecule has 3 aromatic rings. The van der Waals surface area contributed by atoms with Gasteiger partial charge in [0, 0.05) is 5.56 Å². The zero-order chi connectivity index (χ0) is 16.1. The Morgan fingerprint density at radius 1 is 0.739 bits per heavy atom. The van der Waals surface area contributed by atoms with Crippen molar-refractivity contribution in [2.24, 2.45) is 0 Å². The molecule has 0 unspecified atom stereocenters. The van der Waals surface area contributed by atoms with Crippen molar-refractivity contribution in [1.82, 2.24) is 5.32 Å². The van der Waals surface area contributed by atoms with E-state index < -0.39 is 0 Å². The van der Waals surface area contributed by atoms with Gasteiger partial charge in [-0.05, 0) is 30.2 Å². The first-order valence-corrected chi connectivity index (χ1v) is 7.71. The van der Waals surface area contributed by atoms with Crippen LogP contribution in [0.5, 0.6) is 0 Å². The number of carbonyl (C=O) groups excluding carboxylic acids is 1. The molecular weight excluding hydrogens is 282 g/mol. The molecule has 3 aromatic carbocycles. The van der Waals surface area contributed by atoms with E-state index in [-0.39, 0.29) is 11.9 Å². The molecule has 0 aliphatic rings. The van der Waals surface area contributed by atoms with E-state index >= 15 is 0 Å². The summed E-state index contributed by atoms with van der Waals surface area (Å²) in [5, 5.41) is 3.15. The average Bonchev–Trinajstić information content (AvgIpc) is 2.61. The Kier molecular flexibility index (Phi) is 4.53. The molecule has 0 heterocycles. The Labute approximate surface area is 136 Å². The second-order valence-corrected chi connectivity index (χ2v) is 5.59. The first-order valence-electron chi connectivity index (χ1n) is 7.71. The minimum absolute atomic E-state index is 0.0669. The number of carbonyl (C=O) groups is 1. The van der Waals surface area contributed by atoms with Crippen LogP contribution >= 0.6 is 0 Å². The van der Waals surface area contributed by atoms with Crippen LogP contribution in [0.15, 0.2) is 84.9 Å². The van der Waals surface area contributed by atoms with E-state index in [2.05, 4.69) is 5.32 Å². The average molecular weight is 301 g/mol. The second-order valence-electron chi connectivity index (χ2n) is 5.59. The fourth-order valence-corrected chi connectivity index (χ4v) is 2.57. The number of rotatable bonds is 4. The summed E-state index contributed by atoms with van der Waals surface area (Å²) in [5.41, 5.74) is 3.95. The molecule has 0 saturated heterocycles. The van der Waals surface area contributed by atoms with E-state index in [0.717, 1.165) is 16.7 Å². The predicted molar refractivity (Wildman–Crippen MR) is 93.4 cm³/mol. The maximum absolute atomic E-state index is 12.6. The Morgan fingerprint density at radius 3 is 1.70 bits per heavy atom. The van der Waals surface area contributed by atoms with Crippen molar-refractivity contribution in [1.29, 1.82) is 0 Å². The molecule has 0 saturated carbocycles. The fraction of sp³-hybridized carbons (Fsp3) is 0.0952. The quantitative estimate of drug-likeness (QED) is 0.754. The summed E-state index contributed by atoms with van der Waals surface area (Å²) < 4.78 is 0. The maximum Gasteiger partial charge on any atom is 0.252 e. The first-order chi connectivity index (χ1) is 11.2. The smallest absolute Gasteiger partial charge is 0.252 e. The summed E-state index contributed by atoms with van der Waals surface area (Å²) in [4.78, 5) is 12.6. The third kappa shape index (κ3) is 3.67. The van der Waals surface area contributed by atoms with Crippen molar-refractivity contribution in [3.63, 3.8) is 0 Å². The third-order valence-corrected chi connectivity index (χ3v) is 3.85. The molecule has 0 aliphatic carbocycles. The van der Waals surface area contributed by atoms with Crippen molar-refractivity contribution < 1.29 is 4.79 Å². The SMILES string of the molecule is Cc1ccc(C(=O)NC(c2ccccc2)c2ccccc2)cc1. The molecule has 0 atom stereocenters.